The van der Waals surface area contributed by atoms with Gasteiger partial charge in [-0.3, -0.25) is 0 Å². The second-order valence-electron chi connectivity index (χ2n) is 4.25. The summed E-state index contributed by atoms with van der Waals surface area (Å²) in [6.07, 6.45) is 3.63. The van der Waals surface area contributed by atoms with Gasteiger partial charge in [0.25, 0.3) is 0 Å². The van der Waals surface area contributed by atoms with Crippen LogP contribution in [0.2, 0.25) is 0 Å². The van der Waals surface area contributed by atoms with Crippen molar-refractivity contribution in [1.82, 2.24) is 0 Å². The zero-order valence-electron chi connectivity index (χ0n) is 8.15. The van der Waals surface area contributed by atoms with Gasteiger partial charge >= 0.3 is 0 Å². The first-order valence-electron chi connectivity index (χ1n) is 5.11. The summed E-state index contributed by atoms with van der Waals surface area (Å²) >= 11 is 6.99. The third kappa shape index (κ3) is 1.58. The van der Waals surface area contributed by atoms with Gasteiger partial charge in [-0.25, -0.2) is 0 Å². The van der Waals surface area contributed by atoms with Gasteiger partial charge in [0.15, 0.2) is 0 Å². The maximum atomic E-state index is 6.08. The van der Waals surface area contributed by atoms with Crippen LogP contribution in [-0.2, 0) is 0 Å². The molecule has 1 fully saturated rings. The average molecular weight is 333 g/mol. The summed E-state index contributed by atoms with van der Waals surface area (Å²) in [4.78, 5) is 0. The summed E-state index contributed by atoms with van der Waals surface area (Å²) in [7, 11) is 0. The van der Waals surface area contributed by atoms with Crippen molar-refractivity contribution in [3.05, 3.63) is 21.1 Å². The molecule has 2 nitrogen and oxygen atoms in total. The highest BCUT2D eigenvalue weighted by molar-refractivity contribution is 9.13. The number of fused-ring (bicyclic) bond motifs is 1. The van der Waals surface area contributed by atoms with Crippen molar-refractivity contribution in [2.45, 2.75) is 24.9 Å². The molecular formula is C11H11Br2NO. The maximum absolute atomic E-state index is 6.08. The first kappa shape index (κ1) is 9.97. The number of anilines is 1. The van der Waals surface area contributed by atoms with Crippen LogP contribution < -0.4 is 10.1 Å². The minimum atomic E-state index is 0.0836. The van der Waals surface area contributed by atoms with E-state index in [0.29, 0.717) is 0 Å². The lowest BCUT2D eigenvalue weighted by atomic mass is 9.79. The molecule has 0 amide bonds. The van der Waals surface area contributed by atoms with E-state index in [-0.39, 0.29) is 5.60 Å². The average Bonchev–Trinajstić information content (AvgIpc) is 2.17. The molecule has 1 aliphatic heterocycles. The molecule has 0 bridgehead atoms. The fourth-order valence-corrected chi connectivity index (χ4v) is 2.79. The Balaban J connectivity index is 1.98. The molecule has 1 N–H and O–H groups in total. The molecule has 1 aromatic carbocycles. The SMILES string of the molecule is Brc1cc2c(cc1Br)OC1(CCC1)CN2. The number of rotatable bonds is 0. The zero-order chi connectivity index (χ0) is 10.5. The molecule has 1 spiro atoms. The van der Waals surface area contributed by atoms with Crippen LogP contribution in [0.3, 0.4) is 0 Å². The van der Waals surface area contributed by atoms with Gasteiger partial charge in [-0.2, -0.15) is 0 Å². The van der Waals surface area contributed by atoms with Gasteiger partial charge in [0.05, 0.1) is 12.2 Å². The summed E-state index contributed by atoms with van der Waals surface area (Å²) in [5.74, 6) is 0.969. The molecule has 3 rings (SSSR count). The van der Waals surface area contributed by atoms with E-state index in [2.05, 4.69) is 43.2 Å². The van der Waals surface area contributed by atoms with E-state index in [4.69, 9.17) is 4.74 Å². The van der Waals surface area contributed by atoms with Crippen LogP contribution in [0.25, 0.3) is 0 Å². The van der Waals surface area contributed by atoms with E-state index in [0.717, 1.165) is 26.9 Å². The van der Waals surface area contributed by atoms with E-state index >= 15 is 0 Å². The predicted molar refractivity (Wildman–Crippen MR) is 67.5 cm³/mol. The molecule has 2 aliphatic rings. The van der Waals surface area contributed by atoms with Gasteiger partial charge < -0.3 is 10.1 Å². The highest BCUT2D eigenvalue weighted by Gasteiger charge is 2.42. The van der Waals surface area contributed by atoms with E-state index in [1.54, 1.807) is 0 Å². The van der Waals surface area contributed by atoms with Crippen molar-refractivity contribution in [2.75, 3.05) is 11.9 Å². The molecule has 0 saturated heterocycles. The Morgan fingerprint density at radius 3 is 2.60 bits per heavy atom. The van der Waals surface area contributed by atoms with Crippen LogP contribution in [0.15, 0.2) is 21.1 Å². The second-order valence-corrected chi connectivity index (χ2v) is 5.96. The van der Waals surface area contributed by atoms with Gasteiger partial charge in [0.2, 0.25) is 0 Å². The van der Waals surface area contributed by atoms with Gasteiger partial charge in [-0.05, 0) is 63.3 Å². The highest BCUT2D eigenvalue weighted by Crippen LogP contribution is 2.45. The Bertz CT molecular complexity index is 415. The predicted octanol–water partition coefficient (Wildman–Crippen LogP) is 3.94. The molecule has 1 aromatic rings. The lowest BCUT2D eigenvalue weighted by Gasteiger charge is -2.45. The fourth-order valence-electron chi connectivity index (χ4n) is 2.13. The summed E-state index contributed by atoms with van der Waals surface area (Å²) in [5.41, 5.74) is 1.17. The molecule has 15 heavy (non-hydrogen) atoms. The molecule has 4 heteroatoms. The van der Waals surface area contributed by atoms with Crippen LogP contribution >= 0.6 is 31.9 Å². The first-order chi connectivity index (χ1) is 7.19. The van der Waals surface area contributed by atoms with E-state index in [1.807, 2.05) is 6.07 Å². The first-order valence-corrected chi connectivity index (χ1v) is 6.69. The summed E-state index contributed by atoms with van der Waals surface area (Å²) in [6.45, 7) is 0.939. The smallest absolute Gasteiger partial charge is 0.144 e. The number of nitrogens with one attached hydrogen (secondary N) is 1. The van der Waals surface area contributed by atoms with Gasteiger partial charge in [0.1, 0.15) is 11.4 Å². The molecule has 80 valence electrons. The zero-order valence-corrected chi connectivity index (χ0v) is 11.3. The maximum Gasteiger partial charge on any atom is 0.144 e. The fraction of sp³-hybridized carbons (Fsp3) is 0.455. The normalized spacial score (nSPS) is 21.2. The Labute approximate surface area is 106 Å². The topological polar surface area (TPSA) is 21.3 Å². The minimum absolute atomic E-state index is 0.0836. The van der Waals surface area contributed by atoms with Crippen molar-refractivity contribution in [2.24, 2.45) is 0 Å². The largest absolute Gasteiger partial charge is 0.483 e. The number of hydrogen-bond acceptors (Lipinski definition) is 2. The Morgan fingerprint density at radius 1 is 1.20 bits per heavy atom. The Kier molecular flexibility index (Phi) is 2.25. The van der Waals surface area contributed by atoms with Crippen molar-refractivity contribution >= 4 is 37.5 Å². The molecule has 0 aromatic heterocycles. The molecule has 0 radical (unpaired) electrons. The lowest BCUT2D eigenvalue weighted by molar-refractivity contribution is 0.000133. The van der Waals surface area contributed by atoms with Gasteiger partial charge in [-0.15, -0.1) is 0 Å². The van der Waals surface area contributed by atoms with Gasteiger partial charge in [0, 0.05) is 8.95 Å². The second kappa shape index (κ2) is 3.39. The Morgan fingerprint density at radius 2 is 1.93 bits per heavy atom. The highest BCUT2D eigenvalue weighted by atomic mass is 79.9. The van der Waals surface area contributed by atoms with Crippen LogP contribution in [0.4, 0.5) is 5.69 Å². The number of hydrogen-bond donors (Lipinski definition) is 1. The number of ether oxygens (including phenoxy) is 1. The van der Waals surface area contributed by atoms with E-state index in [9.17, 15) is 0 Å². The molecule has 0 atom stereocenters. The van der Waals surface area contributed by atoms with Crippen molar-refractivity contribution in [3.8, 4) is 5.75 Å². The number of benzene rings is 1. The summed E-state index contributed by atoms with van der Waals surface area (Å²) in [6, 6.07) is 4.09. The monoisotopic (exact) mass is 331 g/mol. The van der Waals surface area contributed by atoms with Gasteiger partial charge in [-0.1, -0.05) is 0 Å². The quantitative estimate of drug-likeness (QED) is 0.777. The molecule has 1 heterocycles. The van der Waals surface area contributed by atoms with E-state index < -0.39 is 0 Å². The molecule has 1 saturated carbocycles. The third-order valence-electron chi connectivity index (χ3n) is 3.21. The van der Waals surface area contributed by atoms with Crippen molar-refractivity contribution in [1.29, 1.82) is 0 Å². The molecule has 0 unspecified atom stereocenters. The van der Waals surface area contributed by atoms with Crippen LogP contribution in [0, 0.1) is 0 Å². The Hall–Kier alpha value is -0.220. The third-order valence-corrected chi connectivity index (χ3v) is 5.06. The van der Waals surface area contributed by atoms with Crippen molar-refractivity contribution in [3.63, 3.8) is 0 Å². The lowest BCUT2D eigenvalue weighted by Crippen LogP contribution is -2.51. The van der Waals surface area contributed by atoms with Crippen LogP contribution in [0.1, 0.15) is 19.3 Å². The molecule has 1 aliphatic carbocycles. The van der Waals surface area contributed by atoms with E-state index in [1.165, 1.54) is 19.3 Å². The molecular weight excluding hydrogens is 322 g/mol. The number of halogens is 2. The van der Waals surface area contributed by atoms with Crippen LogP contribution in [0.5, 0.6) is 5.75 Å². The summed E-state index contributed by atoms with van der Waals surface area (Å²) in [5, 5.41) is 3.45. The van der Waals surface area contributed by atoms with Crippen molar-refractivity contribution < 1.29 is 4.74 Å². The van der Waals surface area contributed by atoms with Crippen LogP contribution in [-0.4, -0.2) is 12.1 Å². The standard InChI is InChI=1S/C11H11Br2NO/c12-7-4-9-10(5-8(7)13)15-11(6-14-9)2-1-3-11/h4-5,14H,1-3,6H2. The summed E-state index contributed by atoms with van der Waals surface area (Å²) < 4.78 is 8.18. The minimum Gasteiger partial charge on any atom is -0.483 e.